The van der Waals surface area contributed by atoms with Gasteiger partial charge in [-0.2, -0.15) is 18.3 Å². The molecule has 1 aliphatic carbocycles. The molecular formula is C40H46ClF3N8O4. The number of anilines is 2. The molecule has 0 spiro atoms. The lowest BCUT2D eigenvalue weighted by atomic mass is 9.96. The van der Waals surface area contributed by atoms with Crippen molar-refractivity contribution in [1.82, 2.24) is 35.3 Å². The minimum atomic E-state index is -4.72. The van der Waals surface area contributed by atoms with Crippen LogP contribution in [-0.2, 0) is 30.8 Å². The normalized spacial score (nSPS) is 12.2. The summed E-state index contributed by atoms with van der Waals surface area (Å²) in [6.45, 7) is 4.71. The van der Waals surface area contributed by atoms with Crippen LogP contribution in [0.5, 0.6) is 5.88 Å². The first kappa shape index (κ1) is 41.9. The number of aryl methyl sites for hydroxylation is 2. The summed E-state index contributed by atoms with van der Waals surface area (Å²) >= 11 is 7.01. The third kappa shape index (κ3) is 9.40. The Morgan fingerprint density at radius 1 is 1.02 bits per heavy atom. The Hall–Kier alpha value is -5.25. The van der Waals surface area contributed by atoms with Crippen molar-refractivity contribution < 1.29 is 27.4 Å². The van der Waals surface area contributed by atoms with Gasteiger partial charge in [0.15, 0.2) is 0 Å². The Morgan fingerprint density at radius 3 is 2.45 bits per heavy atom. The standard InChI is InChI=1S/C31H25ClF3N5O2.C9H21N3O2/c1-16-19(21-10-5-11-22(27(21)32)24-13-17-7-4-9-20(17)29(38-24)42-3)8-6-12-23(16)37-28-26-18(15-36-40(2)30(26)41)14-25(39-28)31(33,34)35;1-10-5-4-6-12(7-8-14-3)9(13)11-2/h5-6,8,10-15H,4,7,9H2,1-3H3,(H,37,39);10H,4-8H2,1-3H3,(H,11,13). The number of aromatic nitrogens is 4. The van der Waals surface area contributed by atoms with E-state index in [4.69, 9.17) is 26.1 Å². The average Bonchev–Trinajstić information content (AvgIpc) is 3.67. The van der Waals surface area contributed by atoms with Gasteiger partial charge in [0.1, 0.15) is 11.5 Å². The topological polar surface area (TPSA) is 136 Å². The summed E-state index contributed by atoms with van der Waals surface area (Å²) in [5, 5.41) is 13.0. The predicted octanol–water partition coefficient (Wildman–Crippen LogP) is 7.16. The second kappa shape index (κ2) is 18.6. The molecule has 6 rings (SSSR count). The number of halogens is 4. The number of methoxy groups -OCH3 is 2. The highest BCUT2D eigenvalue weighted by molar-refractivity contribution is 6.36. The van der Waals surface area contributed by atoms with Crippen molar-refractivity contribution in [2.24, 2.45) is 7.05 Å². The number of urea groups is 1. The maximum atomic E-state index is 13.7. The van der Waals surface area contributed by atoms with Crippen LogP contribution in [0.4, 0.5) is 29.5 Å². The Kier molecular flexibility index (Phi) is 13.9. The Morgan fingerprint density at radius 2 is 1.75 bits per heavy atom. The van der Waals surface area contributed by atoms with Gasteiger partial charge in [-0.15, -0.1) is 0 Å². The molecule has 0 fully saturated rings. The molecule has 12 nitrogen and oxygen atoms in total. The molecule has 0 radical (unpaired) electrons. The van der Waals surface area contributed by atoms with Crippen LogP contribution in [0.15, 0.2) is 59.5 Å². The largest absolute Gasteiger partial charge is 0.481 e. The van der Waals surface area contributed by atoms with Crippen LogP contribution in [0.3, 0.4) is 0 Å². The number of carbonyl (C=O) groups is 1. The van der Waals surface area contributed by atoms with Gasteiger partial charge in [-0.1, -0.05) is 41.9 Å². The van der Waals surface area contributed by atoms with E-state index in [9.17, 15) is 22.8 Å². The number of rotatable bonds is 12. The number of benzene rings is 2. The van der Waals surface area contributed by atoms with Gasteiger partial charge in [0.05, 0.1) is 36.0 Å². The second-order valence-electron chi connectivity index (χ2n) is 13.2. The van der Waals surface area contributed by atoms with Crippen LogP contribution in [0.1, 0.15) is 35.2 Å². The fraction of sp³-hybridized carbons (Fsp3) is 0.375. The van der Waals surface area contributed by atoms with Crippen molar-refractivity contribution in [2.75, 3.05) is 59.9 Å². The number of nitrogens with one attached hydrogen (secondary N) is 3. The van der Waals surface area contributed by atoms with Crippen molar-refractivity contribution in [1.29, 1.82) is 0 Å². The molecule has 3 aromatic heterocycles. The molecule has 2 aromatic carbocycles. The molecule has 0 unspecified atom stereocenters. The number of hydrogen-bond donors (Lipinski definition) is 3. The molecule has 298 valence electrons. The van der Waals surface area contributed by atoms with Gasteiger partial charge in [-0.3, -0.25) is 4.79 Å². The fourth-order valence-corrected chi connectivity index (χ4v) is 6.92. The number of nitrogens with zero attached hydrogens (tertiary/aromatic N) is 5. The average molecular weight is 795 g/mol. The van der Waals surface area contributed by atoms with Gasteiger partial charge in [0, 0.05) is 62.1 Å². The lowest BCUT2D eigenvalue weighted by molar-refractivity contribution is -0.141. The minimum absolute atomic E-state index is 0.00182. The van der Waals surface area contributed by atoms with Gasteiger partial charge < -0.3 is 30.3 Å². The van der Waals surface area contributed by atoms with Crippen molar-refractivity contribution in [3.63, 3.8) is 0 Å². The maximum Gasteiger partial charge on any atom is 0.433 e. The first-order valence-electron chi connectivity index (χ1n) is 18.1. The number of hydrogen-bond acceptors (Lipinski definition) is 9. The summed E-state index contributed by atoms with van der Waals surface area (Å²) < 4.78 is 52.7. The molecule has 0 atom stereocenters. The molecule has 2 amide bonds. The van der Waals surface area contributed by atoms with Crippen LogP contribution >= 0.6 is 11.6 Å². The summed E-state index contributed by atoms with van der Waals surface area (Å²) in [5.41, 5.74) is 4.72. The van der Waals surface area contributed by atoms with Crippen molar-refractivity contribution in [3.8, 4) is 28.3 Å². The van der Waals surface area contributed by atoms with Crippen molar-refractivity contribution in [3.05, 3.63) is 92.5 Å². The highest BCUT2D eigenvalue weighted by Gasteiger charge is 2.34. The lowest BCUT2D eigenvalue weighted by Crippen LogP contribution is -2.41. The Labute approximate surface area is 328 Å². The van der Waals surface area contributed by atoms with Gasteiger partial charge in [-0.05, 0) is 81.1 Å². The van der Waals surface area contributed by atoms with Crippen LogP contribution in [0, 0.1) is 6.92 Å². The van der Waals surface area contributed by atoms with Crippen molar-refractivity contribution >= 4 is 39.9 Å². The molecule has 0 saturated carbocycles. The van der Waals surface area contributed by atoms with Crippen LogP contribution in [0.2, 0.25) is 5.02 Å². The fourth-order valence-electron chi connectivity index (χ4n) is 6.59. The molecule has 3 N–H and O–H groups in total. The quantitative estimate of drug-likeness (QED) is 0.113. The van der Waals surface area contributed by atoms with Crippen molar-refractivity contribution in [2.45, 2.75) is 38.8 Å². The number of ether oxygens (including phenoxy) is 2. The van der Waals surface area contributed by atoms with E-state index in [2.05, 4.69) is 32.1 Å². The van der Waals surface area contributed by atoms with E-state index in [1.165, 1.54) is 18.8 Å². The molecule has 16 heteroatoms. The number of fused-ring (bicyclic) bond motifs is 2. The maximum absolute atomic E-state index is 13.7. The third-order valence-corrected chi connectivity index (χ3v) is 9.94. The lowest BCUT2D eigenvalue weighted by Gasteiger charge is -2.21. The number of alkyl halides is 3. The zero-order chi connectivity index (χ0) is 40.6. The van der Waals surface area contributed by atoms with Crippen LogP contribution in [-0.4, -0.2) is 85.2 Å². The molecule has 56 heavy (non-hydrogen) atoms. The smallest absolute Gasteiger partial charge is 0.433 e. The van der Waals surface area contributed by atoms with E-state index in [1.54, 1.807) is 38.3 Å². The molecule has 0 bridgehead atoms. The van der Waals surface area contributed by atoms with Gasteiger partial charge in [0.25, 0.3) is 5.56 Å². The first-order chi connectivity index (χ1) is 26.8. The zero-order valence-corrected chi connectivity index (χ0v) is 33.0. The van der Waals surface area contributed by atoms with Crippen LogP contribution in [0.25, 0.3) is 33.2 Å². The van der Waals surface area contributed by atoms with E-state index in [1.807, 2.05) is 38.2 Å². The van der Waals surface area contributed by atoms with E-state index < -0.39 is 17.4 Å². The highest BCUT2D eigenvalue weighted by Crippen LogP contribution is 2.41. The van der Waals surface area contributed by atoms with E-state index in [-0.39, 0.29) is 22.6 Å². The second-order valence-corrected chi connectivity index (χ2v) is 13.5. The number of pyridine rings is 2. The molecule has 0 aliphatic heterocycles. The van der Waals surface area contributed by atoms with E-state index in [0.717, 1.165) is 71.8 Å². The van der Waals surface area contributed by atoms with E-state index >= 15 is 0 Å². The van der Waals surface area contributed by atoms with Gasteiger partial charge in [0.2, 0.25) is 5.88 Å². The summed E-state index contributed by atoms with van der Waals surface area (Å²) in [7, 11) is 8.21. The first-order valence-corrected chi connectivity index (χ1v) is 18.5. The van der Waals surface area contributed by atoms with E-state index in [0.29, 0.717) is 41.0 Å². The van der Waals surface area contributed by atoms with Gasteiger partial charge in [-0.25, -0.2) is 19.4 Å². The summed E-state index contributed by atoms with van der Waals surface area (Å²) in [6.07, 6.45) is 0.371. The SMILES string of the molecule is CNCCCN(CCOC)C(=O)NC.COc1nc(-c2cccc(-c3cccc(Nc4nc(C(F)(F)F)cc5cnn(C)c(=O)c45)c3C)c2Cl)cc2c1CCC2. The molecule has 0 saturated heterocycles. The highest BCUT2D eigenvalue weighted by atomic mass is 35.5. The number of amides is 2. The minimum Gasteiger partial charge on any atom is -0.481 e. The zero-order valence-electron chi connectivity index (χ0n) is 32.2. The molecule has 5 aromatic rings. The summed E-state index contributed by atoms with van der Waals surface area (Å²) in [5.74, 6) is 0.392. The molecular weight excluding hydrogens is 749 g/mol. The Balaban J connectivity index is 0.000000367. The van der Waals surface area contributed by atoms with Gasteiger partial charge >= 0.3 is 12.2 Å². The predicted molar refractivity (Wildman–Crippen MR) is 213 cm³/mol. The third-order valence-electron chi connectivity index (χ3n) is 9.54. The van der Waals surface area contributed by atoms with Crippen LogP contribution < -0.4 is 26.2 Å². The molecule has 3 heterocycles. The monoisotopic (exact) mass is 794 g/mol. The number of carbonyl (C=O) groups excluding carboxylic acids is 1. The Bertz CT molecular complexity index is 2250. The summed E-state index contributed by atoms with van der Waals surface area (Å²) in [6, 6.07) is 13.8. The molecule has 1 aliphatic rings. The summed E-state index contributed by atoms with van der Waals surface area (Å²) in [4.78, 5) is 34.6.